The number of nitrogens with zero attached hydrogens (tertiary/aromatic N) is 1. The highest BCUT2D eigenvalue weighted by Crippen LogP contribution is 2.35. The second-order valence-electron chi connectivity index (χ2n) is 2.45. The van der Waals surface area contributed by atoms with Gasteiger partial charge < -0.3 is 0 Å². The zero-order valence-electron chi connectivity index (χ0n) is 6.13. The van der Waals surface area contributed by atoms with Crippen molar-refractivity contribution >= 4 is 19.9 Å². The van der Waals surface area contributed by atoms with Crippen LogP contribution in [0.15, 0.2) is 0 Å². The number of carbonyl (C=O) groups excluding carboxylic acids is 2. The Balaban J connectivity index is 2.72. The quantitative estimate of drug-likeness (QED) is 0.419. The Morgan fingerprint density at radius 1 is 1.20 bits per heavy atom. The molecule has 0 atom stereocenters. The molecule has 0 spiro atoms. The molecule has 0 aliphatic carbocycles. The van der Waals surface area contributed by atoms with Crippen LogP contribution >= 0.6 is 8.07 Å². The predicted molar refractivity (Wildman–Crippen MR) is 39.9 cm³/mol. The van der Waals surface area contributed by atoms with Crippen molar-refractivity contribution in [1.29, 1.82) is 0 Å². The normalized spacial score (nSPS) is 19.3. The summed E-state index contributed by atoms with van der Waals surface area (Å²) in [5.41, 5.74) is 0. The van der Waals surface area contributed by atoms with Gasteiger partial charge in [0.05, 0.1) is 0 Å². The Morgan fingerprint density at radius 3 is 1.80 bits per heavy atom. The van der Waals surface area contributed by atoms with E-state index >= 15 is 0 Å². The average Bonchev–Trinajstić information content (AvgIpc) is 2.11. The molecule has 10 heavy (non-hydrogen) atoms. The van der Waals surface area contributed by atoms with Gasteiger partial charge in [-0.15, -0.1) is 0 Å². The number of hydrogen-bond acceptors (Lipinski definition) is 2. The van der Waals surface area contributed by atoms with Crippen molar-refractivity contribution < 1.29 is 9.59 Å². The first-order valence-electron chi connectivity index (χ1n) is 3.16. The van der Waals surface area contributed by atoms with E-state index in [0.29, 0.717) is 12.8 Å². The minimum Gasteiger partial charge on any atom is -0.274 e. The van der Waals surface area contributed by atoms with Crippen LogP contribution in [0.5, 0.6) is 0 Å². The van der Waals surface area contributed by atoms with Crippen LogP contribution in [0, 0.1) is 0 Å². The maximum Gasteiger partial charge on any atom is 0.233 e. The third-order valence-corrected chi connectivity index (χ3v) is 2.67. The van der Waals surface area contributed by atoms with Gasteiger partial charge in [0.25, 0.3) is 0 Å². The van der Waals surface area contributed by atoms with Crippen LogP contribution < -0.4 is 0 Å². The number of imide groups is 1. The van der Waals surface area contributed by atoms with E-state index in [4.69, 9.17) is 0 Å². The Morgan fingerprint density at radius 2 is 1.60 bits per heavy atom. The molecule has 0 N–H and O–H groups in total. The van der Waals surface area contributed by atoms with Gasteiger partial charge in [0, 0.05) is 12.8 Å². The number of carbonyl (C=O) groups is 2. The first kappa shape index (κ1) is 7.67. The summed E-state index contributed by atoms with van der Waals surface area (Å²) in [6.45, 7) is 3.83. The van der Waals surface area contributed by atoms with Crippen molar-refractivity contribution in [3.8, 4) is 0 Å². The Hall–Kier alpha value is -0.430. The summed E-state index contributed by atoms with van der Waals surface area (Å²) in [7, 11) is -0.546. The standard InChI is InChI=1S/C6H10NO2P/c1-10(2)7-5(8)3-4-6(7)9/h3-4H2,1-2H3. The van der Waals surface area contributed by atoms with Gasteiger partial charge in [0.1, 0.15) is 0 Å². The van der Waals surface area contributed by atoms with E-state index in [-0.39, 0.29) is 11.8 Å². The molecule has 56 valence electrons. The fourth-order valence-electron chi connectivity index (χ4n) is 1.01. The fourth-order valence-corrected chi connectivity index (χ4v) is 2.10. The lowest BCUT2D eigenvalue weighted by Gasteiger charge is -2.17. The molecule has 0 unspecified atom stereocenters. The highest BCUT2D eigenvalue weighted by Gasteiger charge is 2.30. The minimum absolute atomic E-state index is 0.00103. The second-order valence-corrected chi connectivity index (χ2v) is 4.54. The fraction of sp³-hybridized carbons (Fsp3) is 0.667. The molecular weight excluding hydrogens is 149 g/mol. The predicted octanol–water partition coefficient (Wildman–Crippen LogP) is 0.792. The summed E-state index contributed by atoms with van der Waals surface area (Å²) in [6.07, 6.45) is 0.832. The van der Waals surface area contributed by atoms with E-state index in [1.54, 1.807) is 0 Å². The summed E-state index contributed by atoms with van der Waals surface area (Å²) >= 11 is 0. The summed E-state index contributed by atoms with van der Waals surface area (Å²) in [5.74, 6) is 0.00206. The van der Waals surface area contributed by atoms with Gasteiger partial charge in [-0.2, -0.15) is 0 Å². The molecule has 0 aromatic rings. The summed E-state index contributed by atoms with van der Waals surface area (Å²) < 4.78 is 1.40. The van der Waals surface area contributed by atoms with E-state index in [0.717, 1.165) is 0 Å². The molecule has 0 saturated carbocycles. The molecule has 1 fully saturated rings. The highest BCUT2D eigenvalue weighted by molar-refractivity contribution is 7.55. The zero-order valence-corrected chi connectivity index (χ0v) is 7.02. The third kappa shape index (κ3) is 1.19. The molecule has 0 aromatic heterocycles. The number of hydrogen-bond donors (Lipinski definition) is 0. The number of amides is 2. The number of rotatable bonds is 1. The summed E-state index contributed by atoms with van der Waals surface area (Å²) in [4.78, 5) is 21.9. The highest BCUT2D eigenvalue weighted by atomic mass is 31.1. The van der Waals surface area contributed by atoms with E-state index in [9.17, 15) is 9.59 Å². The van der Waals surface area contributed by atoms with Crippen molar-refractivity contribution in [1.82, 2.24) is 4.67 Å². The first-order valence-corrected chi connectivity index (χ1v) is 5.35. The molecule has 0 bridgehead atoms. The molecule has 1 rings (SSSR count). The Bertz CT molecular complexity index is 163. The SMILES string of the molecule is CP(C)N1C(=O)CCC1=O. The maximum atomic E-state index is 10.9. The van der Waals surface area contributed by atoms with Crippen molar-refractivity contribution in [3.05, 3.63) is 0 Å². The molecule has 1 heterocycles. The van der Waals surface area contributed by atoms with Gasteiger partial charge in [-0.05, 0) is 21.4 Å². The summed E-state index contributed by atoms with van der Waals surface area (Å²) in [5, 5.41) is 0. The lowest BCUT2D eigenvalue weighted by molar-refractivity contribution is -0.132. The van der Waals surface area contributed by atoms with Crippen molar-refractivity contribution in [2.24, 2.45) is 0 Å². The molecule has 0 radical (unpaired) electrons. The van der Waals surface area contributed by atoms with E-state index < -0.39 is 8.07 Å². The minimum atomic E-state index is -0.546. The van der Waals surface area contributed by atoms with E-state index in [1.807, 2.05) is 13.3 Å². The largest absolute Gasteiger partial charge is 0.274 e. The van der Waals surface area contributed by atoms with Crippen LogP contribution in [0.3, 0.4) is 0 Å². The van der Waals surface area contributed by atoms with Crippen LogP contribution in [-0.4, -0.2) is 29.8 Å². The average molecular weight is 159 g/mol. The van der Waals surface area contributed by atoms with Gasteiger partial charge in [-0.3, -0.25) is 14.3 Å². The molecular formula is C6H10NO2P. The van der Waals surface area contributed by atoms with Gasteiger partial charge in [0.2, 0.25) is 11.8 Å². The van der Waals surface area contributed by atoms with Crippen LogP contribution in [0.25, 0.3) is 0 Å². The molecule has 1 aliphatic heterocycles. The third-order valence-electron chi connectivity index (χ3n) is 1.43. The smallest absolute Gasteiger partial charge is 0.233 e. The molecule has 4 heteroatoms. The van der Waals surface area contributed by atoms with Gasteiger partial charge in [-0.25, -0.2) is 0 Å². The zero-order chi connectivity index (χ0) is 7.72. The first-order chi connectivity index (χ1) is 4.63. The van der Waals surface area contributed by atoms with Crippen LogP contribution in [-0.2, 0) is 9.59 Å². The van der Waals surface area contributed by atoms with E-state index in [2.05, 4.69) is 0 Å². The Labute approximate surface area is 61.2 Å². The monoisotopic (exact) mass is 159 g/mol. The molecule has 0 aromatic carbocycles. The molecule has 1 aliphatic rings. The topological polar surface area (TPSA) is 37.4 Å². The van der Waals surface area contributed by atoms with E-state index in [1.165, 1.54) is 4.67 Å². The van der Waals surface area contributed by atoms with Crippen molar-refractivity contribution in [2.45, 2.75) is 12.8 Å². The van der Waals surface area contributed by atoms with Gasteiger partial charge in [-0.1, -0.05) is 0 Å². The van der Waals surface area contributed by atoms with Crippen LogP contribution in [0.2, 0.25) is 0 Å². The van der Waals surface area contributed by atoms with Gasteiger partial charge >= 0.3 is 0 Å². The second kappa shape index (κ2) is 2.67. The van der Waals surface area contributed by atoms with Gasteiger partial charge in [0.15, 0.2) is 0 Å². The lowest BCUT2D eigenvalue weighted by Crippen LogP contribution is -2.22. The lowest BCUT2D eigenvalue weighted by atomic mass is 10.4. The molecule has 3 nitrogen and oxygen atoms in total. The maximum absolute atomic E-state index is 10.9. The van der Waals surface area contributed by atoms with Crippen molar-refractivity contribution in [3.63, 3.8) is 0 Å². The van der Waals surface area contributed by atoms with Crippen molar-refractivity contribution in [2.75, 3.05) is 13.3 Å². The molecule has 2 amide bonds. The summed E-state index contributed by atoms with van der Waals surface area (Å²) in [6, 6.07) is 0. The molecule has 1 saturated heterocycles. The van der Waals surface area contributed by atoms with Crippen LogP contribution in [0.4, 0.5) is 0 Å². The Kier molecular flexibility index (Phi) is 2.05. The van der Waals surface area contributed by atoms with Crippen LogP contribution in [0.1, 0.15) is 12.8 Å².